The number of benzene rings is 1. The minimum Gasteiger partial charge on any atom is -0.444 e. The van der Waals surface area contributed by atoms with E-state index >= 15 is 0 Å². The van der Waals surface area contributed by atoms with Crippen LogP contribution in [0.2, 0.25) is 0 Å². The summed E-state index contributed by atoms with van der Waals surface area (Å²) in [5.74, 6) is -0.281. The van der Waals surface area contributed by atoms with Gasteiger partial charge in [0.1, 0.15) is 11.4 Å². The van der Waals surface area contributed by atoms with Gasteiger partial charge in [-0.3, -0.25) is 4.68 Å². The SMILES string of the molecule is Cn1nc(-c2ccc(F)cc2)cc1C1(/C=C/C=C\C=N)CCN(C(=O)OC(C)(C)C)CC1. The first-order chi connectivity index (χ1) is 15.1. The Labute approximate surface area is 188 Å². The first-order valence-corrected chi connectivity index (χ1v) is 10.8. The molecule has 1 N–H and O–H groups in total. The number of amides is 1. The van der Waals surface area contributed by atoms with Crippen molar-refractivity contribution in [3.63, 3.8) is 0 Å². The summed E-state index contributed by atoms with van der Waals surface area (Å²) in [6.07, 6.45) is 9.92. The van der Waals surface area contributed by atoms with Crippen molar-refractivity contribution in [2.24, 2.45) is 7.05 Å². The Morgan fingerprint density at radius 2 is 1.81 bits per heavy atom. The van der Waals surface area contributed by atoms with Crippen LogP contribution in [0, 0.1) is 11.2 Å². The van der Waals surface area contributed by atoms with Crippen molar-refractivity contribution in [1.29, 1.82) is 5.41 Å². The lowest BCUT2D eigenvalue weighted by Crippen LogP contribution is -2.46. The minimum absolute atomic E-state index is 0.281. The maximum Gasteiger partial charge on any atom is 0.410 e. The Hall–Kier alpha value is -3.22. The van der Waals surface area contributed by atoms with E-state index in [0.717, 1.165) is 17.0 Å². The molecule has 1 aromatic carbocycles. The number of hydrogen-bond donors (Lipinski definition) is 1. The summed E-state index contributed by atoms with van der Waals surface area (Å²) in [7, 11) is 1.91. The van der Waals surface area contributed by atoms with Gasteiger partial charge in [0, 0.05) is 43.0 Å². The smallest absolute Gasteiger partial charge is 0.410 e. The number of nitrogens with zero attached hydrogens (tertiary/aromatic N) is 3. The highest BCUT2D eigenvalue weighted by Crippen LogP contribution is 2.39. The molecule has 3 rings (SSSR count). The molecule has 0 unspecified atom stereocenters. The van der Waals surface area contributed by atoms with Crippen LogP contribution in [0.25, 0.3) is 11.3 Å². The zero-order valence-corrected chi connectivity index (χ0v) is 19.1. The number of piperidine rings is 1. The predicted octanol–water partition coefficient (Wildman–Crippen LogP) is 5.26. The summed E-state index contributed by atoms with van der Waals surface area (Å²) in [6.45, 7) is 6.72. The molecule has 0 radical (unpaired) electrons. The quantitative estimate of drug-likeness (QED) is 0.511. The van der Waals surface area contributed by atoms with Crippen molar-refractivity contribution in [1.82, 2.24) is 14.7 Å². The van der Waals surface area contributed by atoms with Gasteiger partial charge in [0.15, 0.2) is 0 Å². The Kier molecular flexibility index (Phi) is 6.96. The van der Waals surface area contributed by atoms with E-state index in [1.54, 1.807) is 23.1 Å². The normalized spacial score (nSPS) is 16.6. The highest BCUT2D eigenvalue weighted by molar-refractivity contribution is 5.69. The molecule has 7 heteroatoms. The number of aryl methyl sites for hydroxylation is 1. The van der Waals surface area contributed by atoms with Gasteiger partial charge in [0.05, 0.1) is 5.69 Å². The Bertz CT molecular complexity index is 1010. The zero-order chi connectivity index (χ0) is 23.4. The van der Waals surface area contributed by atoms with Crippen LogP contribution in [0.3, 0.4) is 0 Å². The lowest BCUT2D eigenvalue weighted by Gasteiger charge is -2.40. The number of carbonyl (C=O) groups is 1. The first-order valence-electron chi connectivity index (χ1n) is 10.8. The molecule has 1 aliphatic rings. The van der Waals surface area contributed by atoms with E-state index in [-0.39, 0.29) is 17.3 Å². The Balaban J connectivity index is 1.90. The number of halogens is 1. The van der Waals surface area contributed by atoms with Gasteiger partial charge in [-0.25, -0.2) is 9.18 Å². The number of hydrogen-bond acceptors (Lipinski definition) is 4. The van der Waals surface area contributed by atoms with Crippen LogP contribution in [-0.2, 0) is 17.2 Å². The monoisotopic (exact) mass is 438 g/mol. The molecule has 32 heavy (non-hydrogen) atoms. The van der Waals surface area contributed by atoms with Crippen LogP contribution in [-0.4, -0.2) is 45.7 Å². The van der Waals surface area contributed by atoms with E-state index in [1.165, 1.54) is 18.3 Å². The van der Waals surface area contributed by atoms with Gasteiger partial charge in [0.2, 0.25) is 0 Å². The Morgan fingerprint density at radius 3 is 2.41 bits per heavy atom. The average molecular weight is 439 g/mol. The number of likely N-dealkylation sites (tertiary alicyclic amines) is 1. The average Bonchev–Trinajstić information content (AvgIpc) is 3.13. The molecule has 2 aromatic rings. The van der Waals surface area contributed by atoms with Crippen molar-refractivity contribution in [3.05, 3.63) is 66.1 Å². The molecule has 2 heterocycles. The number of allylic oxidation sites excluding steroid dienone is 4. The van der Waals surface area contributed by atoms with E-state index in [0.29, 0.717) is 25.9 Å². The van der Waals surface area contributed by atoms with E-state index < -0.39 is 5.60 Å². The molecule has 170 valence electrons. The molecule has 1 aliphatic heterocycles. The third-order valence-electron chi connectivity index (χ3n) is 5.57. The molecule has 0 spiro atoms. The number of carbonyl (C=O) groups excluding carboxylic acids is 1. The summed E-state index contributed by atoms with van der Waals surface area (Å²) < 4.78 is 20.8. The van der Waals surface area contributed by atoms with Crippen LogP contribution in [0.15, 0.2) is 54.6 Å². The molecule has 0 atom stereocenters. The fraction of sp³-hybridized carbons (Fsp3) is 0.400. The fourth-order valence-electron chi connectivity index (χ4n) is 3.98. The maximum atomic E-state index is 13.3. The second-order valence-electron chi connectivity index (χ2n) is 9.08. The predicted molar refractivity (Wildman–Crippen MR) is 124 cm³/mol. The second kappa shape index (κ2) is 9.51. The largest absolute Gasteiger partial charge is 0.444 e. The van der Waals surface area contributed by atoms with Gasteiger partial charge >= 0.3 is 6.09 Å². The van der Waals surface area contributed by atoms with Crippen molar-refractivity contribution in [3.8, 4) is 11.3 Å². The molecule has 1 amide bonds. The Morgan fingerprint density at radius 1 is 1.16 bits per heavy atom. The van der Waals surface area contributed by atoms with Gasteiger partial charge < -0.3 is 15.0 Å². The molecule has 1 aromatic heterocycles. The molecule has 6 nitrogen and oxygen atoms in total. The van der Waals surface area contributed by atoms with E-state index in [4.69, 9.17) is 10.1 Å². The van der Waals surface area contributed by atoms with Gasteiger partial charge in [0.25, 0.3) is 0 Å². The summed E-state index contributed by atoms with van der Waals surface area (Å²) in [5.41, 5.74) is 1.79. The van der Waals surface area contributed by atoms with Gasteiger partial charge in [-0.05, 0) is 70.0 Å². The molecular formula is C25H31FN4O2. The lowest BCUT2D eigenvalue weighted by atomic mass is 9.75. The third-order valence-corrected chi connectivity index (χ3v) is 5.57. The molecule has 0 aliphatic carbocycles. The number of aromatic nitrogens is 2. The second-order valence-corrected chi connectivity index (χ2v) is 9.08. The van der Waals surface area contributed by atoms with Crippen LogP contribution in [0.5, 0.6) is 0 Å². The molecule has 1 saturated heterocycles. The number of ether oxygens (including phenoxy) is 1. The van der Waals surface area contributed by atoms with E-state index in [9.17, 15) is 9.18 Å². The molecule has 0 bridgehead atoms. The van der Waals surface area contributed by atoms with Crippen LogP contribution in [0.1, 0.15) is 39.3 Å². The van der Waals surface area contributed by atoms with Gasteiger partial charge in [-0.2, -0.15) is 5.10 Å². The zero-order valence-electron chi connectivity index (χ0n) is 19.1. The van der Waals surface area contributed by atoms with Crippen molar-refractivity contribution >= 4 is 12.3 Å². The highest BCUT2D eigenvalue weighted by atomic mass is 19.1. The summed E-state index contributed by atoms with van der Waals surface area (Å²) >= 11 is 0. The minimum atomic E-state index is -0.533. The summed E-state index contributed by atoms with van der Waals surface area (Å²) in [6, 6.07) is 8.35. The van der Waals surface area contributed by atoms with Crippen molar-refractivity contribution in [2.45, 2.75) is 44.6 Å². The first kappa shape index (κ1) is 23.4. The standard InChI is InChI=1S/C25H31FN4O2/c1-24(2,3)32-23(31)30-16-13-25(14-17-30,12-6-5-7-15-27)22-18-21(28-29(22)4)19-8-10-20(26)11-9-19/h5-12,15,18,27H,13-14,16-17H2,1-4H3/b7-5-,12-6+,27-15?. The molecule has 0 saturated carbocycles. The van der Waals surface area contributed by atoms with E-state index in [1.807, 2.05) is 50.7 Å². The van der Waals surface area contributed by atoms with Crippen molar-refractivity contribution < 1.29 is 13.9 Å². The highest BCUT2D eigenvalue weighted by Gasteiger charge is 2.39. The number of rotatable bonds is 5. The third kappa shape index (κ3) is 5.52. The van der Waals surface area contributed by atoms with Crippen LogP contribution >= 0.6 is 0 Å². The number of nitrogens with one attached hydrogen (secondary N) is 1. The van der Waals surface area contributed by atoms with Gasteiger partial charge in [-0.15, -0.1) is 0 Å². The molecule has 1 fully saturated rings. The van der Waals surface area contributed by atoms with Crippen LogP contribution in [0.4, 0.5) is 9.18 Å². The van der Waals surface area contributed by atoms with Gasteiger partial charge in [-0.1, -0.05) is 18.2 Å². The van der Waals surface area contributed by atoms with E-state index in [2.05, 4.69) is 11.2 Å². The molecular weight excluding hydrogens is 407 g/mol. The topological polar surface area (TPSA) is 71.2 Å². The fourth-order valence-corrected chi connectivity index (χ4v) is 3.98. The van der Waals surface area contributed by atoms with Crippen LogP contribution < -0.4 is 0 Å². The summed E-state index contributed by atoms with van der Waals surface area (Å²) in [4.78, 5) is 14.3. The van der Waals surface area contributed by atoms with Crippen molar-refractivity contribution in [2.75, 3.05) is 13.1 Å². The lowest BCUT2D eigenvalue weighted by molar-refractivity contribution is 0.0180. The maximum absolute atomic E-state index is 13.3. The summed E-state index contributed by atoms with van der Waals surface area (Å²) in [5, 5.41) is 11.9.